The molecule has 2 heterocycles. The molecule has 1 aliphatic heterocycles. The number of nitrogens with one attached hydrogen (secondary N) is 2. The van der Waals surface area contributed by atoms with E-state index in [1.165, 1.54) is 4.57 Å². The lowest BCUT2D eigenvalue weighted by Gasteiger charge is -2.19. The van der Waals surface area contributed by atoms with Gasteiger partial charge >= 0.3 is 5.69 Å². The Balaban J connectivity index is 2.77. The molecule has 0 saturated carbocycles. The summed E-state index contributed by atoms with van der Waals surface area (Å²) in [4.78, 5) is 24.7. The Morgan fingerprint density at radius 3 is 2.92 bits per heavy atom. The predicted molar refractivity (Wildman–Crippen MR) is 52.1 cm³/mol. The van der Waals surface area contributed by atoms with Gasteiger partial charge in [0.15, 0.2) is 0 Å². The van der Waals surface area contributed by atoms with Gasteiger partial charge in [0.05, 0.1) is 0 Å². The Morgan fingerprint density at radius 1 is 1.38 bits per heavy atom. The van der Waals surface area contributed by atoms with E-state index in [2.05, 4.69) is 26.2 Å². The number of halogens is 1. The lowest BCUT2D eigenvalue weighted by molar-refractivity contribution is 0.589. The molecule has 0 radical (unpaired) electrons. The van der Waals surface area contributed by atoms with Crippen molar-refractivity contribution in [3.63, 3.8) is 0 Å². The minimum atomic E-state index is -0.384. The highest BCUT2D eigenvalue weighted by atomic mass is 79.9. The molecule has 0 aliphatic carbocycles. The second-order valence-electron chi connectivity index (χ2n) is 2.85. The molecule has 2 rings (SSSR count). The van der Waals surface area contributed by atoms with Gasteiger partial charge in [-0.2, -0.15) is 0 Å². The number of aromatic nitrogens is 2. The van der Waals surface area contributed by atoms with Gasteiger partial charge in [0.1, 0.15) is 10.3 Å². The van der Waals surface area contributed by atoms with Crippen LogP contribution in [0.2, 0.25) is 0 Å². The maximum Gasteiger partial charge on any atom is 0.329 e. The van der Waals surface area contributed by atoms with Crippen molar-refractivity contribution < 1.29 is 0 Å². The monoisotopic (exact) mass is 245 g/mol. The summed E-state index contributed by atoms with van der Waals surface area (Å²) in [5.41, 5.74) is -0.735. The topological polar surface area (TPSA) is 66.9 Å². The van der Waals surface area contributed by atoms with Crippen LogP contribution in [0.5, 0.6) is 0 Å². The van der Waals surface area contributed by atoms with Crippen LogP contribution >= 0.6 is 15.9 Å². The third kappa shape index (κ3) is 1.31. The summed E-state index contributed by atoms with van der Waals surface area (Å²) in [6.45, 7) is 1.44. The van der Waals surface area contributed by atoms with Crippen molar-refractivity contribution in [3.05, 3.63) is 25.3 Å². The molecule has 1 aromatic rings. The van der Waals surface area contributed by atoms with Gasteiger partial charge in [-0.25, -0.2) is 4.79 Å². The van der Waals surface area contributed by atoms with Crippen molar-refractivity contribution in [2.45, 2.75) is 13.0 Å². The van der Waals surface area contributed by atoms with E-state index >= 15 is 0 Å². The quantitative estimate of drug-likeness (QED) is 0.683. The van der Waals surface area contributed by atoms with Gasteiger partial charge in [-0.1, -0.05) is 0 Å². The van der Waals surface area contributed by atoms with E-state index in [9.17, 15) is 9.59 Å². The van der Waals surface area contributed by atoms with Gasteiger partial charge in [0.2, 0.25) is 0 Å². The molecule has 0 bridgehead atoms. The Hall–Kier alpha value is -1.04. The molecular weight excluding hydrogens is 238 g/mol. The van der Waals surface area contributed by atoms with Gasteiger partial charge < -0.3 is 5.32 Å². The summed E-state index contributed by atoms with van der Waals surface area (Å²) in [5, 5.41) is 3.01. The second kappa shape index (κ2) is 3.02. The Kier molecular flexibility index (Phi) is 1.99. The van der Waals surface area contributed by atoms with Gasteiger partial charge in [-0.15, -0.1) is 0 Å². The van der Waals surface area contributed by atoms with Gasteiger partial charge in [0.25, 0.3) is 5.56 Å². The molecule has 6 heteroatoms. The van der Waals surface area contributed by atoms with Crippen LogP contribution < -0.4 is 16.6 Å². The van der Waals surface area contributed by atoms with Crippen LogP contribution in [-0.4, -0.2) is 16.1 Å². The Labute approximate surface area is 81.9 Å². The van der Waals surface area contributed by atoms with Crippen LogP contribution in [0.3, 0.4) is 0 Å². The van der Waals surface area contributed by atoms with Crippen LogP contribution in [0.15, 0.2) is 14.1 Å². The minimum absolute atomic E-state index is 0.351. The van der Waals surface area contributed by atoms with Crippen molar-refractivity contribution in [3.8, 4) is 0 Å². The molecular formula is C7H8BrN3O2. The van der Waals surface area contributed by atoms with Crippen LogP contribution in [0, 0.1) is 0 Å². The molecule has 0 atom stereocenters. The molecule has 0 unspecified atom stereocenters. The molecule has 0 fully saturated rings. The summed E-state index contributed by atoms with van der Waals surface area (Å²) in [5.74, 6) is 0.583. The molecule has 0 amide bonds. The highest BCUT2D eigenvalue weighted by molar-refractivity contribution is 9.10. The first kappa shape index (κ1) is 8.55. The first-order valence-electron chi connectivity index (χ1n) is 3.96. The van der Waals surface area contributed by atoms with Crippen LogP contribution in [-0.2, 0) is 6.54 Å². The number of H-pyrrole nitrogens is 1. The first-order valence-corrected chi connectivity index (χ1v) is 4.76. The normalized spacial score (nSPS) is 14.8. The first-order chi connectivity index (χ1) is 6.20. The summed E-state index contributed by atoms with van der Waals surface area (Å²) in [6.07, 6.45) is 0.894. The number of nitrogens with zero attached hydrogens (tertiary/aromatic N) is 1. The molecule has 13 heavy (non-hydrogen) atoms. The molecule has 1 aromatic heterocycles. The van der Waals surface area contributed by atoms with Gasteiger partial charge in [0, 0.05) is 13.1 Å². The van der Waals surface area contributed by atoms with Gasteiger partial charge in [-0.05, 0) is 22.4 Å². The third-order valence-corrected chi connectivity index (χ3v) is 2.73. The molecule has 70 valence electrons. The van der Waals surface area contributed by atoms with Crippen LogP contribution in [0.4, 0.5) is 5.82 Å². The standard InChI is InChI=1S/C7H8BrN3O2/c8-4-5-9-2-1-3-11(5)7(13)10-6(4)12/h9H,1-3H2,(H,10,12,13). The van der Waals surface area contributed by atoms with Crippen molar-refractivity contribution in [1.82, 2.24) is 9.55 Å². The number of anilines is 1. The minimum Gasteiger partial charge on any atom is -0.370 e. The van der Waals surface area contributed by atoms with E-state index < -0.39 is 0 Å². The molecule has 5 nitrogen and oxygen atoms in total. The van der Waals surface area contributed by atoms with Crippen molar-refractivity contribution in [2.24, 2.45) is 0 Å². The van der Waals surface area contributed by atoms with Crippen molar-refractivity contribution in [2.75, 3.05) is 11.9 Å². The van der Waals surface area contributed by atoms with Crippen molar-refractivity contribution in [1.29, 1.82) is 0 Å². The zero-order chi connectivity index (χ0) is 9.42. The average Bonchev–Trinajstić information content (AvgIpc) is 2.15. The zero-order valence-corrected chi connectivity index (χ0v) is 8.35. The van der Waals surface area contributed by atoms with E-state index in [1.54, 1.807) is 0 Å². The smallest absolute Gasteiger partial charge is 0.329 e. The number of rotatable bonds is 0. The molecule has 0 saturated heterocycles. The Bertz CT molecular complexity index is 448. The van der Waals surface area contributed by atoms with Crippen LogP contribution in [0.25, 0.3) is 0 Å². The molecule has 1 aliphatic rings. The molecule has 2 N–H and O–H groups in total. The average molecular weight is 246 g/mol. The van der Waals surface area contributed by atoms with Crippen LogP contribution in [0.1, 0.15) is 6.42 Å². The molecule has 0 aromatic carbocycles. The highest BCUT2D eigenvalue weighted by Crippen LogP contribution is 2.18. The number of hydrogen-bond acceptors (Lipinski definition) is 3. The maximum absolute atomic E-state index is 11.3. The number of fused-ring (bicyclic) bond motifs is 1. The third-order valence-electron chi connectivity index (χ3n) is 1.99. The Morgan fingerprint density at radius 2 is 2.15 bits per heavy atom. The SMILES string of the molecule is O=c1[nH]c(=O)n2c(c1Br)NCCC2. The number of aromatic amines is 1. The largest absolute Gasteiger partial charge is 0.370 e. The zero-order valence-electron chi connectivity index (χ0n) is 6.76. The predicted octanol–water partition coefficient (Wildman–Crippen LogP) is 0.115. The fraction of sp³-hybridized carbons (Fsp3) is 0.429. The lowest BCUT2D eigenvalue weighted by Crippen LogP contribution is -2.36. The lowest BCUT2D eigenvalue weighted by atomic mass is 10.3. The van der Waals surface area contributed by atoms with Crippen molar-refractivity contribution >= 4 is 21.7 Å². The van der Waals surface area contributed by atoms with E-state index in [4.69, 9.17) is 0 Å². The highest BCUT2D eigenvalue weighted by Gasteiger charge is 2.14. The second-order valence-corrected chi connectivity index (χ2v) is 3.65. The summed E-state index contributed by atoms with van der Waals surface area (Å²) >= 11 is 3.13. The van der Waals surface area contributed by atoms with E-state index in [-0.39, 0.29) is 11.2 Å². The fourth-order valence-corrected chi connectivity index (χ4v) is 1.83. The van der Waals surface area contributed by atoms with Gasteiger partial charge in [-0.3, -0.25) is 14.3 Å². The van der Waals surface area contributed by atoms with E-state index in [0.29, 0.717) is 16.8 Å². The molecule has 0 spiro atoms. The van der Waals surface area contributed by atoms with E-state index in [0.717, 1.165) is 13.0 Å². The summed E-state index contributed by atoms with van der Waals surface area (Å²) < 4.78 is 1.92. The summed E-state index contributed by atoms with van der Waals surface area (Å²) in [6, 6.07) is 0. The number of hydrogen-bond donors (Lipinski definition) is 2. The summed E-state index contributed by atoms with van der Waals surface area (Å²) in [7, 11) is 0. The fourth-order valence-electron chi connectivity index (χ4n) is 1.38. The maximum atomic E-state index is 11.3. The van der Waals surface area contributed by atoms with E-state index in [1.807, 2.05) is 0 Å².